The summed E-state index contributed by atoms with van der Waals surface area (Å²) in [6, 6.07) is 7.87. The maximum absolute atomic E-state index is 10.4. The largest absolute Gasteiger partial charge is 0.481 e. The molecule has 1 N–H and O–H groups in total. The van der Waals surface area contributed by atoms with Gasteiger partial charge in [0.1, 0.15) is 0 Å². The van der Waals surface area contributed by atoms with Crippen molar-refractivity contribution in [2.75, 3.05) is 0 Å². The molecule has 0 bridgehead atoms. The molecule has 1 aromatic carbocycles. The fourth-order valence-corrected chi connectivity index (χ4v) is 1.80. The van der Waals surface area contributed by atoms with Gasteiger partial charge in [0.2, 0.25) is 11.8 Å². The number of carboxylic acids is 1. The second-order valence-electron chi connectivity index (χ2n) is 4.47. The molecule has 0 atom stereocenters. The monoisotopic (exact) mass is 260 g/mol. The summed E-state index contributed by atoms with van der Waals surface area (Å²) in [5.74, 6) is 0.296. The predicted molar refractivity (Wildman–Crippen MR) is 69.7 cm³/mol. The van der Waals surface area contributed by atoms with Crippen LogP contribution >= 0.6 is 0 Å². The third kappa shape index (κ3) is 3.91. The van der Waals surface area contributed by atoms with Crippen molar-refractivity contribution in [1.82, 2.24) is 10.2 Å². The van der Waals surface area contributed by atoms with E-state index in [1.165, 1.54) is 0 Å². The molecule has 100 valence electrons. The van der Waals surface area contributed by atoms with E-state index in [4.69, 9.17) is 9.52 Å². The molecule has 0 radical (unpaired) electrons. The summed E-state index contributed by atoms with van der Waals surface area (Å²) in [5, 5.41) is 16.5. The summed E-state index contributed by atoms with van der Waals surface area (Å²) in [6.45, 7) is 2.01. The van der Waals surface area contributed by atoms with Gasteiger partial charge >= 0.3 is 5.97 Å². The lowest BCUT2D eigenvalue weighted by atomic mass is 10.1. The first-order valence-electron chi connectivity index (χ1n) is 6.26. The van der Waals surface area contributed by atoms with Gasteiger partial charge in [-0.15, -0.1) is 10.2 Å². The Labute approximate surface area is 111 Å². The Morgan fingerprint density at radius 3 is 2.89 bits per heavy atom. The van der Waals surface area contributed by atoms with Gasteiger partial charge in [0.05, 0.1) is 0 Å². The zero-order chi connectivity index (χ0) is 13.7. The van der Waals surface area contributed by atoms with Crippen molar-refractivity contribution in [3.8, 4) is 11.5 Å². The molecule has 5 nitrogen and oxygen atoms in total. The molecule has 0 saturated heterocycles. The number of unbranched alkanes of at least 4 members (excludes halogenated alkanes) is 1. The number of carbonyl (C=O) groups is 1. The van der Waals surface area contributed by atoms with Gasteiger partial charge in [0.15, 0.2) is 0 Å². The Morgan fingerprint density at radius 1 is 1.32 bits per heavy atom. The highest BCUT2D eigenvalue weighted by molar-refractivity contribution is 5.66. The van der Waals surface area contributed by atoms with Crippen molar-refractivity contribution >= 4 is 5.97 Å². The Kier molecular flexibility index (Phi) is 4.28. The summed E-state index contributed by atoms with van der Waals surface area (Å²) in [4.78, 5) is 10.4. The zero-order valence-electron chi connectivity index (χ0n) is 10.8. The molecule has 0 saturated carbocycles. The normalized spacial score (nSPS) is 10.6. The van der Waals surface area contributed by atoms with Gasteiger partial charge in [-0.1, -0.05) is 17.7 Å². The highest BCUT2D eigenvalue weighted by Gasteiger charge is 2.08. The van der Waals surface area contributed by atoms with E-state index in [-0.39, 0.29) is 6.42 Å². The maximum Gasteiger partial charge on any atom is 0.303 e. The Balaban J connectivity index is 1.94. The summed E-state index contributed by atoms with van der Waals surface area (Å²) in [6.07, 6.45) is 2.16. The standard InChI is InChI=1S/C14H16N2O3/c1-10-5-4-6-11(9-10)14-16-15-12(19-14)7-2-3-8-13(17)18/h4-6,9H,2-3,7-8H2,1H3,(H,17,18). The Hall–Kier alpha value is -2.17. The van der Waals surface area contributed by atoms with Gasteiger partial charge in [-0.2, -0.15) is 0 Å². The number of aliphatic carboxylic acids is 1. The van der Waals surface area contributed by atoms with Crippen molar-refractivity contribution in [2.24, 2.45) is 0 Å². The SMILES string of the molecule is Cc1cccc(-c2nnc(CCCCC(=O)O)o2)c1. The van der Waals surface area contributed by atoms with Crippen molar-refractivity contribution in [2.45, 2.75) is 32.6 Å². The molecule has 1 heterocycles. The van der Waals surface area contributed by atoms with Crippen molar-refractivity contribution in [3.63, 3.8) is 0 Å². The van der Waals surface area contributed by atoms with Gasteiger partial charge < -0.3 is 9.52 Å². The minimum Gasteiger partial charge on any atom is -0.481 e. The lowest BCUT2D eigenvalue weighted by molar-refractivity contribution is -0.137. The van der Waals surface area contributed by atoms with E-state index in [2.05, 4.69) is 10.2 Å². The number of nitrogens with zero attached hydrogens (tertiary/aromatic N) is 2. The van der Waals surface area contributed by atoms with Gasteiger partial charge in [0.25, 0.3) is 0 Å². The molecule has 0 amide bonds. The molecule has 0 spiro atoms. The third-order valence-electron chi connectivity index (χ3n) is 2.76. The van der Waals surface area contributed by atoms with Crippen molar-refractivity contribution in [3.05, 3.63) is 35.7 Å². The summed E-state index contributed by atoms with van der Waals surface area (Å²) in [5.41, 5.74) is 2.04. The Bertz CT molecular complexity index is 563. The quantitative estimate of drug-likeness (QED) is 0.808. The van der Waals surface area contributed by atoms with Gasteiger partial charge in [0, 0.05) is 18.4 Å². The number of carboxylic acid groups (broad SMARTS) is 1. The van der Waals surface area contributed by atoms with Crippen LogP contribution in [0.3, 0.4) is 0 Å². The number of rotatable bonds is 6. The second-order valence-corrected chi connectivity index (χ2v) is 4.47. The topological polar surface area (TPSA) is 76.2 Å². The highest BCUT2D eigenvalue weighted by atomic mass is 16.4. The molecule has 1 aromatic heterocycles. The van der Waals surface area contributed by atoms with E-state index in [1.54, 1.807) is 0 Å². The first-order valence-corrected chi connectivity index (χ1v) is 6.26. The molecule has 0 aliphatic carbocycles. The van der Waals surface area contributed by atoms with Crippen LogP contribution in [0, 0.1) is 6.92 Å². The van der Waals surface area contributed by atoms with Gasteiger partial charge in [-0.05, 0) is 31.9 Å². The maximum atomic E-state index is 10.4. The van der Waals surface area contributed by atoms with Crippen LogP contribution in [0.15, 0.2) is 28.7 Å². The van der Waals surface area contributed by atoms with Crippen molar-refractivity contribution < 1.29 is 14.3 Å². The number of aromatic nitrogens is 2. The average Bonchev–Trinajstić information content (AvgIpc) is 2.83. The molecular formula is C14H16N2O3. The average molecular weight is 260 g/mol. The predicted octanol–water partition coefficient (Wildman–Crippen LogP) is 2.84. The second kappa shape index (κ2) is 6.13. The number of aryl methyl sites for hydroxylation is 2. The van der Waals surface area contributed by atoms with Crippen LogP contribution in [0.4, 0.5) is 0 Å². The smallest absolute Gasteiger partial charge is 0.303 e. The van der Waals surface area contributed by atoms with E-state index >= 15 is 0 Å². The van der Waals surface area contributed by atoms with Crippen LogP contribution in [0.25, 0.3) is 11.5 Å². The molecule has 2 rings (SSSR count). The van der Waals surface area contributed by atoms with Crippen LogP contribution in [0.1, 0.15) is 30.7 Å². The molecule has 0 aliphatic heterocycles. The van der Waals surface area contributed by atoms with Crippen LogP contribution in [-0.4, -0.2) is 21.3 Å². The van der Waals surface area contributed by atoms with E-state index in [0.29, 0.717) is 24.6 Å². The first-order chi connectivity index (χ1) is 9.15. The van der Waals surface area contributed by atoms with Gasteiger partial charge in [-0.25, -0.2) is 0 Å². The molecule has 2 aromatic rings. The molecule has 0 unspecified atom stereocenters. The van der Waals surface area contributed by atoms with Crippen LogP contribution in [-0.2, 0) is 11.2 Å². The van der Waals surface area contributed by atoms with E-state index < -0.39 is 5.97 Å². The minimum absolute atomic E-state index is 0.179. The molecule has 0 fully saturated rings. The summed E-state index contributed by atoms with van der Waals surface area (Å²) >= 11 is 0. The van der Waals surface area contributed by atoms with Gasteiger partial charge in [-0.3, -0.25) is 4.79 Å². The van der Waals surface area contributed by atoms with E-state index in [1.807, 2.05) is 31.2 Å². The highest BCUT2D eigenvalue weighted by Crippen LogP contribution is 2.19. The zero-order valence-corrected chi connectivity index (χ0v) is 10.8. The lowest BCUT2D eigenvalue weighted by Crippen LogP contribution is -1.95. The number of benzene rings is 1. The molecular weight excluding hydrogens is 244 g/mol. The van der Waals surface area contributed by atoms with Crippen LogP contribution in [0.2, 0.25) is 0 Å². The van der Waals surface area contributed by atoms with Crippen LogP contribution in [0.5, 0.6) is 0 Å². The Morgan fingerprint density at radius 2 is 2.16 bits per heavy atom. The number of hydrogen-bond donors (Lipinski definition) is 1. The molecule has 0 aliphatic rings. The third-order valence-corrected chi connectivity index (χ3v) is 2.76. The fraction of sp³-hybridized carbons (Fsp3) is 0.357. The molecule has 19 heavy (non-hydrogen) atoms. The summed E-state index contributed by atoms with van der Waals surface area (Å²) in [7, 11) is 0. The van der Waals surface area contributed by atoms with Crippen LogP contribution < -0.4 is 0 Å². The van der Waals surface area contributed by atoms with Crippen molar-refractivity contribution in [1.29, 1.82) is 0 Å². The van der Waals surface area contributed by atoms with E-state index in [9.17, 15) is 4.79 Å². The minimum atomic E-state index is -0.772. The lowest BCUT2D eigenvalue weighted by Gasteiger charge is -1.96. The fourth-order valence-electron chi connectivity index (χ4n) is 1.80. The first kappa shape index (κ1) is 13.3. The summed E-state index contributed by atoms with van der Waals surface area (Å²) < 4.78 is 5.56. The molecule has 5 heteroatoms. The van der Waals surface area contributed by atoms with E-state index in [0.717, 1.165) is 17.5 Å². The number of hydrogen-bond acceptors (Lipinski definition) is 4.